The first-order valence-corrected chi connectivity index (χ1v) is 10.8. The Kier molecular flexibility index (Phi) is 6.96. The highest BCUT2D eigenvalue weighted by atomic mass is 32.1. The van der Waals surface area contributed by atoms with Gasteiger partial charge in [-0.1, -0.05) is 12.1 Å². The molecule has 1 atom stereocenters. The molecular weight excluding hydrogens is 422 g/mol. The van der Waals surface area contributed by atoms with Crippen LogP contribution in [0.4, 0.5) is 11.6 Å². The summed E-state index contributed by atoms with van der Waals surface area (Å²) >= 11 is 0. The van der Waals surface area contributed by atoms with Gasteiger partial charge in [0, 0.05) is 36.7 Å². The second-order valence-electron chi connectivity index (χ2n) is 8.06. The van der Waals surface area contributed by atoms with Gasteiger partial charge < -0.3 is 10.6 Å². The van der Waals surface area contributed by atoms with E-state index in [0.717, 1.165) is 61.2 Å². The van der Waals surface area contributed by atoms with Crippen molar-refractivity contribution in [3.63, 3.8) is 0 Å². The van der Waals surface area contributed by atoms with Gasteiger partial charge in [-0.15, -0.1) is 0 Å². The SMILES string of the molecule is O=C1NCCCc2cncc(c2)-c2ncnc(n2)Nc2cccc(c2)CN2CCC[C@@H]12.S. The van der Waals surface area contributed by atoms with Gasteiger partial charge in [-0.05, 0) is 61.6 Å². The van der Waals surface area contributed by atoms with Crippen LogP contribution in [0.3, 0.4) is 0 Å². The van der Waals surface area contributed by atoms with Crippen LogP contribution in [0.5, 0.6) is 0 Å². The lowest BCUT2D eigenvalue weighted by atomic mass is 10.1. The maximum atomic E-state index is 12.8. The highest BCUT2D eigenvalue weighted by Crippen LogP contribution is 2.23. The van der Waals surface area contributed by atoms with Crippen LogP contribution in [0.15, 0.2) is 49.1 Å². The van der Waals surface area contributed by atoms with Crippen LogP contribution in [0.1, 0.15) is 30.4 Å². The molecule has 5 rings (SSSR count). The minimum absolute atomic E-state index is 0. The first-order valence-electron chi connectivity index (χ1n) is 10.8. The molecular formula is C23H27N7OS. The molecule has 8 nitrogen and oxygen atoms in total. The van der Waals surface area contributed by atoms with E-state index in [0.29, 0.717) is 18.3 Å². The van der Waals surface area contributed by atoms with Gasteiger partial charge in [-0.2, -0.15) is 18.5 Å². The zero-order valence-corrected chi connectivity index (χ0v) is 18.8. The molecule has 1 fully saturated rings. The summed E-state index contributed by atoms with van der Waals surface area (Å²) in [6, 6.07) is 10.2. The fourth-order valence-electron chi connectivity index (χ4n) is 4.29. The molecule has 6 bridgehead atoms. The molecule has 3 aromatic rings. The summed E-state index contributed by atoms with van der Waals surface area (Å²) in [7, 11) is 0. The molecule has 2 N–H and O–H groups in total. The van der Waals surface area contributed by atoms with Gasteiger partial charge in [0.1, 0.15) is 6.33 Å². The molecule has 2 aromatic heterocycles. The van der Waals surface area contributed by atoms with E-state index >= 15 is 0 Å². The third-order valence-corrected chi connectivity index (χ3v) is 5.80. The Balaban J connectivity index is 0.00000245. The average molecular weight is 450 g/mol. The molecule has 0 radical (unpaired) electrons. The van der Waals surface area contributed by atoms with Crippen LogP contribution in [0, 0.1) is 0 Å². The fourth-order valence-corrected chi connectivity index (χ4v) is 4.29. The number of nitrogens with zero attached hydrogens (tertiary/aromatic N) is 5. The lowest BCUT2D eigenvalue weighted by molar-refractivity contribution is -0.125. The van der Waals surface area contributed by atoms with Crippen molar-refractivity contribution in [3.05, 3.63) is 60.2 Å². The van der Waals surface area contributed by atoms with Gasteiger partial charge in [0.2, 0.25) is 11.9 Å². The Labute approximate surface area is 194 Å². The molecule has 0 aliphatic carbocycles. The molecule has 0 unspecified atom stereocenters. The molecule has 0 saturated carbocycles. The summed E-state index contributed by atoms with van der Waals surface area (Å²) in [4.78, 5) is 32.6. The number of anilines is 2. The van der Waals surface area contributed by atoms with Gasteiger partial charge in [0.15, 0.2) is 5.82 Å². The van der Waals surface area contributed by atoms with Crippen LogP contribution in [-0.4, -0.2) is 49.9 Å². The number of carbonyl (C=O) groups excluding carboxylic acids is 1. The van der Waals surface area contributed by atoms with Crippen molar-refractivity contribution in [2.45, 2.75) is 38.3 Å². The zero-order valence-electron chi connectivity index (χ0n) is 17.8. The van der Waals surface area contributed by atoms with E-state index in [-0.39, 0.29) is 25.4 Å². The van der Waals surface area contributed by atoms with E-state index in [4.69, 9.17) is 0 Å². The van der Waals surface area contributed by atoms with Crippen LogP contribution >= 0.6 is 13.5 Å². The summed E-state index contributed by atoms with van der Waals surface area (Å²) in [6.45, 7) is 2.33. The molecule has 9 heteroatoms. The molecule has 1 amide bonds. The van der Waals surface area contributed by atoms with Crippen molar-refractivity contribution >= 4 is 31.0 Å². The Morgan fingerprint density at radius 3 is 2.94 bits per heavy atom. The smallest absolute Gasteiger partial charge is 0.237 e. The number of aromatic nitrogens is 4. The predicted molar refractivity (Wildman–Crippen MR) is 128 cm³/mol. The number of benzene rings is 1. The molecule has 1 aromatic carbocycles. The van der Waals surface area contributed by atoms with E-state index < -0.39 is 0 Å². The van der Waals surface area contributed by atoms with Crippen LogP contribution < -0.4 is 10.6 Å². The standard InChI is InChI=1S/C23H25N7O.H2S/c31-22-20-7-3-9-30(20)14-17-4-1-6-19(11-17)28-23-27-15-26-21(29-23)18-10-16(12-24-13-18)5-2-8-25-22;/h1,4,6,10-13,15,20H,2-3,5,7-9,14H2,(H,25,31)(H,26,27,28,29);1H2/t20-;/m0./s1. The van der Waals surface area contributed by atoms with Crippen molar-refractivity contribution in [1.29, 1.82) is 0 Å². The monoisotopic (exact) mass is 449 g/mol. The van der Waals surface area contributed by atoms with Crippen LogP contribution in [0.25, 0.3) is 11.4 Å². The second-order valence-corrected chi connectivity index (χ2v) is 8.06. The topological polar surface area (TPSA) is 95.9 Å². The van der Waals surface area contributed by atoms with Gasteiger partial charge in [0.05, 0.1) is 6.04 Å². The van der Waals surface area contributed by atoms with Gasteiger partial charge >= 0.3 is 0 Å². The largest absolute Gasteiger partial charge is 0.355 e. The first kappa shape index (κ1) is 22.2. The van der Waals surface area contributed by atoms with E-state index in [1.165, 1.54) is 6.33 Å². The molecule has 2 aliphatic heterocycles. The maximum absolute atomic E-state index is 12.8. The van der Waals surface area contributed by atoms with Gasteiger partial charge in [-0.3, -0.25) is 14.7 Å². The molecule has 2 aliphatic rings. The second kappa shape index (κ2) is 10.1. The van der Waals surface area contributed by atoms with Crippen molar-refractivity contribution in [1.82, 2.24) is 30.2 Å². The number of carbonyl (C=O) groups is 1. The number of fused-ring (bicyclic) bond motifs is 8. The number of nitrogens with one attached hydrogen (secondary N) is 2. The van der Waals surface area contributed by atoms with Crippen molar-refractivity contribution in [3.8, 4) is 11.4 Å². The van der Waals surface area contributed by atoms with Gasteiger partial charge in [0.25, 0.3) is 0 Å². The van der Waals surface area contributed by atoms with Crippen molar-refractivity contribution in [2.24, 2.45) is 0 Å². The number of hydrogen-bond acceptors (Lipinski definition) is 7. The van der Waals surface area contributed by atoms with Crippen molar-refractivity contribution in [2.75, 3.05) is 18.4 Å². The Bertz CT molecular complexity index is 1090. The predicted octanol–water partition coefficient (Wildman–Crippen LogP) is 2.82. The molecule has 1 saturated heterocycles. The van der Waals surface area contributed by atoms with Crippen molar-refractivity contribution < 1.29 is 4.79 Å². The number of pyridine rings is 1. The highest BCUT2D eigenvalue weighted by molar-refractivity contribution is 7.59. The minimum Gasteiger partial charge on any atom is -0.355 e. The Morgan fingerprint density at radius 1 is 1.06 bits per heavy atom. The first-order chi connectivity index (χ1) is 15.2. The summed E-state index contributed by atoms with van der Waals surface area (Å²) in [5.74, 6) is 1.21. The Morgan fingerprint density at radius 2 is 2.00 bits per heavy atom. The number of amides is 1. The quantitative estimate of drug-likeness (QED) is 0.545. The number of aryl methyl sites for hydroxylation is 1. The zero-order chi connectivity index (χ0) is 21.0. The third kappa shape index (κ3) is 5.05. The van der Waals surface area contributed by atoms with E-state index in [9.17, 15) is 4.79 Å². The summed E-state index contributed by atoms with van der Waals surface area (Å²) in [5.41, 5.74) is 4.00. The summed E-state index contributed by atoms with van der Waals surface area (Å²) < 4.78 is 0. The summed E-state index contributed by atoms with van der Waals surface area (Å²) in [6.07, 6.45) is 8.77. The third-order valence-electron chi connectivity index (χ3n) is 5.80. The maximum Gasteiger partial charge on any atom is 0.237 e. The lowest BCUT2D eigenvalue weighted by Crippen LogP contribution is -2.43. The van der Waals surface area contributed by atoms with E-state index in [2.05, 4.69) is 53.7 Å². The number of rotatable bonds is 0. The molecule has 0 spiro atoms. The minimum atomic E-state index is -0.0633. The van der Waals surface area contributed by atoms with Gasteiger partial charge in [-0.25, -0.2) is 9.97 Å². The molecule has 166 valence electrons. The van der Waals surface area contributed by atoms with E-state index in [1.807, 2.05) is 18.3 Å². The summed E-state index contributed by atoms with van der Waals surface area (Å²) in [5, 5.41) is 6.42. The Hall–Kier alpha value is -3.04. The number of hydrogen-bond donors (Lipinski definition) is 2. The molecule has 4 heterocycles. The van der Waals surface area contributed by atoms with Crippen LogP contribution in [-0.2, 0) is 17.8 Å². The lowest BCUT2D eigenvalue weighted by Gasteiger charge is -2.24. The van der Waals surface area contributed by atoms with Crippen LogP contribution in [0.2, 0.25) is 0 Å². The average Bonchev–Trinajstić information content (AvgIpc) is 3.25. The highest BCUT2D eigenvalue weighted by Gasteiger charge is 2.30. The normalized spacial score (nSPS) is 18.9. The molecule has 32 heavy (non-hydrogen) atoms. The van der Waals surface area contributed by atoms with E-state index in [1.54, 1.807) is 6.20 Å². The fraction of sp³-hybridized carbons (Fsp3) is 0.348.